The van der Waals surface area contributed by atoms with Gasteiger partial charge in [-0.25, -0.2) is 9.67 Å². The van der Waals surface area contributed by atoms with Crippen LogP contribution in [0.5, 0.6) is 11.5 Å². The molecule has 0 saturated heterocycles. The first kappa shape index (κ1) is 19.2. The van der Waals surface area contributed by atoms with Gasteiger partial charge in [0.25, 0.3) is 0 Å². The van der Waals surface area contributed by atoms with Crippen LogP contribution in [0.3, 0.4) is 0 Å². The van der Waals surface area contributed by atoms with E-state index in [-0.39, 0.29) is 23.6 Å². The molecule has 1 aromatic heterocycles. The molecule has 0 aliphatic rings. The number of aliphatic hydroxyl groups is 1. The molecule has 142 valence electrons. The number of hydrogen-bond donors (Lipinski definition) is 1. The van der Waals surface area contributed by atoms with Crippen LogP contribution in [-0.2, 0) is 18.3 Å². The first-order chi connectivity index (χ1) is 12.6. The van der Waals surface area contributed by atoms with Gasteiger partial charge in [-0.15, -0.1) is 0 Å². The molecule has 0 aliphatic carbocycles. The van der Waals surface area contributed by atoms with Crippen LogP contribution in [0.15, 0.2) is 55.1 Å². The maximum absolute atomic E-state index is 13.6. The lowest BCUT2D eigenvalue weighted by atomic mass is 9.94. The largest absolute Gasteiger partial charge is 0.457 e. The van der Waals surface area contributed by atoms with Crippen molar-refractivity contribution >= 4 is 11.6 Å². The quantitative estimate of drug-likeness (QED) is 0.680. The van der Waals surface area contributed by atoms with E-state index in [9.17, 15) is 18.3 Å². The smallest absolute Gasteiger partial charge is 0.419 e. The van der Waals surface area contributed by atoms with E-state index in [1.54, 1.807) is 0 Å². The number of ether oxygens (including phenoxy) is 1. The van der Waals surface area contributed by atoms with Crippen molar-refractivity contribution in [3.05, 3.63) is 71.3 Å². The molecule has 3 rings (SSSR count). The van der Waals surface area contributed by atoms with E-state index in [1.165, 1.54) is 60.7 Å². The number of hydrogen-bond acceptors (Lipinski definition) is 4. The third-order valence-electron chi connectivity index (χ3n) is 3.88. The molecule has 0 radical (unpaired) electrons. The van der Waals surface area contributed by atoms with Crippen molar-refractivity contribution in [3.8, 4) is 11.5 Å². The molecule has 0 spiro atoms. The Labute approximate surface area is 158 Å². The number of aromatic nitrogens is 3. The molecule has 1 unspecified atom stereocenters. The first-order valence-corrected chi connectivity index (χ1v) is 8.23. The summed E-state index contributed by atoms with van der Waals surface area (Å²) in [6.45, 7) is 1.35. The lowest BCUT2D eigenvalue weighted by Gasteiger charge is -2.25. The molecular formula is C18H15ClF3N3O2. The van der Waals surface area contributed by atoms with Crippen molar-refractivity contribution in [3.63, 3.8) is 0 Å². The Morgan fingerprint density at radius 3 is 2.44 bits per heavy atom. The minimum Gasteiger partial charge on any atom is -0.457 e. The minimum absolute atomic E-state index is 0.0539. The van der Waals surface area contributed by atoms with Crippen LogP contribution < -0.4 is 4.74 Å². The Hall–Kier alpha value is -2.58. The van der Waals surface area contributed by atoms with Gasteiger partial charge in [-0.3, -0.25) is 0 Å². The van der Waals surface area contributed by atoms with Gasteiger partial charge in [0.2, 0.25) is 0 Å². The van der Waals surface area contributed by atoms with E-state index in [1.807, 2.05) is 0 Å². The fourth-order valence-electron chi connectivity index (χ4n) is 2.53. The molecule has 0 bridgehead atoms. The van der Waals surface area contributed by atoms with Crippen molar-refractivity contribution in [2.24, 2.45) is 0 Å². The van der Waals surface area contributed by atoms with E-state index < -0.39 is 17.3 Å². The molecule has 5 nitrogen and oxygen atoms in total. The van der Waals surface area contributed by atoms with Gasteiger partial charge in [-0.2, -0.15) is 18.3 Å². The predicted molar refractivity (Wildman–Crippen MR) is 92.6 cm³/mol. The number of rotatable bonds is 5. The summed E-state index contributed by atoms with van der Waals surface area (Å²) in [5, 5.41) is 15.0. The monoisotopic (exact) mass is 397 g/mol. The van der Waals surface area contributed by atoms with Crippen LogP contribution in [0.4, 0.5) is 13.2 Å². The zero-order valence-electron chi connectivity index (χ0n) is 14.1. The van der Waals surface area contributed by atoms with Gasteiger partial charge in [0.15, 0.2) is 0 Å². The van der Waals surface area contributed by atoms with Crippen molar-refractivity contribution in [1.82, 2.24) is 14.8 Å². The molecule has 0 aliphatic heterocycles. The average Bonchev–Trinajstić information content (AvgIpc) is 3.08. The van der Waals surface area contributed by atoms with Crippen molar-refractivity contribution in [1.29, 1.82) is 0 Å². The SMILES string of the molecule is CC(O)(Cn1cncn1)c1ccc(Oc2ccc(Cl)cc2)c(C(F)(F)F)c1. The Morgan fingerprint density at radius 2 is 1.85 bits per heavy atom. The number of nitrogens with zero attached hydrogens (tertiary/aromatic N) is 3. The number of benzene rings is 2. The first-order valence-electron chi connectivity index (χ1n) is 7.85. The highest BCUT2D eigenvalue weighted by Crippen LogP contribution is 2.40. The van der Waals surface area contributed by atoms with Gasteiger partial charge in [0, 0.05) is 5.02 Å². The standard InChI is InChI=1S/C18H15ClF3N3O2/c1-17(26,9-25-11-23-10-24-25)12-2-7-16(15(8-12)18(20,21)22)27-14-5-3-13(19)4-6-14/h2-8,10-11,26H,9H2,1H3. The fourth-order valence-corrected chi connectivity index (χ4v) is 2.65. The summed E-state index contributed by atoms with van der Waals surface area (Å²) in [6, 6.07) is 9.42. The second-order valence-corrected chi connectivity index (χ2v) is 6.57. The summed E-state index contributed by atoms with van der Waals surface area (Å²) in [5.74, 6) is -0.155. The fraction of sp³-hybridized carbons (Fsp3) is 0.222. The highest BCUT2D eigenvalue weighted by molar-refractivity contribution is 6.30. The van der Waals surface area contributed by atoms with E-state index in [0.29, 0.717) is 5.02 Å². The maximum atomic E-state index is 13.6. The van der Waals surface area contributed by atoms with Crippen LogP contribution in [0.1, 0.15) is 18.1 Å². The van der Waals surface area contributed by atoms with Gasteiger partial charge in [-0.05, 0) is 48.9 Å². The third-order valence-corrected chi connectivity index (χ3v) is 4.14. The third kappa shape index (κ3) is 4.58. The van der Waals surface area contributed by atoms with Crippen molar-refractivity contribution in [2.75, 3.05) is 0 Å². The van der Waals surface area contributed by atoms with Crippen LogP contribution in [0.25, 0.3) is 0 Å². The van der Waals surface area contributed by atoms with Crippen LogP contribution in [0, 0.1) is 0 Å². The highest BCUT2D eigenvalue weighted by atomic mass is 35.5. The predicted octanol–water partition coefficient (Wildman–Crippen LogP) is 4.65. The number of halogens is 4. The Kier molecular flexibility index (Phi) is 5.12. The summed E-state index contributed by atoms with van der Waals surface area (Å²) in [5.41, 5.74) is -2.51. The van der Waals surface area contributed by atoms with E-state index in [4.69, 9.17) is 16.3 Å². The van der Waals surface area contributed by atoms with Gasteiger partial charge in [0.1, 0.15) is 29.8 Å². The van der Waals surface area contributed by atoms with Crippen LogP contribution >= 0.6 is 11.6 Å². The lowest BCUT2D eigenvalue weighted by Crippen LogP contribution is -2.28. The van der Waals surface area contributed by atoms with Gasteiger partial charge in [-0.1, -0.05) is 17.7 Å². The summed E-state index contributed by atoms with van der Waals surface area (Å²) in [4.78, 5) is 3.76. The average molecular weight is 398 g/mol. The van der Waals surface area contributed by atoms with E-state index in [0.717, 1.165) is 6.07 Å². The lowest BCUT2D eigenvalue weighted by molar-refractivity contribution is -0.138. The minimum atomic E-state index is -4.67. The summed E-state index contributed by atoms with van der Waals surface area (Å²) in [7, 11) is 0. The molecule has 27 heavy (non-hydrogen) atoms. The van der Waals surface area contributed by atoms with Crippen LogP contribution in [-0.4, -0.2) is 19.9 Å². The molecule has 9 heteroatoms. The second kappa shape index (κ2) is 7.21. The highest BCUT2D eigenvalue weighted by Gasteiger charge is 2.37. The second-order valence-electron chi connectivity index (χ2n) is 6.13. The molecule has 3 aromatic rings. The van der Waals surface area contributed by atoms with Crippen molar-refractivity contribution in [2.45, 2.75) is 25.2 Å². The summed E-state index contributed by atoms with van der Waals surface area (Å²) in [6.07, 6.45) is -2.02. The Balaban J connectivity index is 1.95. The van der Waals surface area contributed by atoms with E-state index in [2.05, 4.69) is 10.1 Å². The topological polar surface area (TPSA) is 60.2 Å². The van der Waals surface area contributed by atoms with Gasteiger partial charge < -0.3 is 9.84 Å². The summed E-state index contributed by atoms with van der Waals surface area (Å²) < 4.78 is 47.4. The van der Waals surface area contributed by atoms with E-state index >= 15 is 0 Å². The molecule has 1 heterocycles. The molecule has 2 aromatic carbocycles. The molecule has 0 fully saturated rings. The molecular weight excluding hydrogens is 383 g/mol. The van der Waals surface area contributed by atoms with Gasteiger partial charge >= 0.3 is 6.18 Å². The van der Waals surface area contributed by atoms with Crippen LogP contribution in [0.2, 0.25) is 5.02 Å². The maximum Gasteiger partial charge on any atom is 0.419 e. The molecule has 0 amide bonds. The number of alkyl halides is 3. The normalized spacial score (nSPS) is 14.0. The van der Waals surface area contributed by atoms with Crippen molar-refractivity contribution < 1.29 is 23.0 Å². The molecule has 0 saturated carbocycles. The summed E-state index contributed by atoms with van der Waals surface area (Å²) >= 11 is 5.77. The zero-order chi connectivity index (χ0) is 19.7. The molecule has 1 N–H and O–H groups in total. The molecule has 1 atom stereocenters. The van der Waals surface area contributed by atoms with Gasteiger partial charge in [0.05, 0.1) is 12.1 Å². The Bertz CT molecular complexity index is 911. The zero-order valence-corrected chi connectivity index (χ0v) is 14.9. The Morgan fingerprint density at radius 1 is 1.15 bits per heavy atom.